The van der Waals surface area contributed by atoms with Crippen molar-refractivity contribution in [3.63, 3.8) is 0 Å². The van der Waals surface area contributed by atoms with Crippen LogP contribution in [0.25, 0.3) is 0 Å². The largest absolute Gasteiger partial charge is 0.339 e. The summed E-state index contributed by atoms with van der Waals surface area (Å²) in [7, 11) is 2.12. The van der Waals surface area contributed by atoms with Crippen molar-refractivity contribution in [1.82, 2.24) is 9.80 Å². The van der Waals surface area contributed by atoms with Crippen molar-refractivity contribution in [2.24, 2.45) is 0 Å². The smallest absolute Gasteiger partial charge is 0.232 e. The van der Waals surface area contributed by atoms with Gasteiger partial charge in [-0.05, 0) is 13.5 Å². The molecule has 1 fully saturated rings. The molecule has 0 bridgehead atoms. The zero-order valence-electron chi connectivity index (χ0n) is 8.36. The summed E-state index contributed by atoms with van der Waals surface area (Å²) in [6.07, 6.45) is 1.10. The Morgan fingerprint density at radius 3 is 2.77 bits per heavy atom. The lowest BCUT2D eigenvalue weighted by molar-refractivity contribution is -0.131. The van der Waals surface area contributed by atoms with Crippen LogP contribution < -0.4 is 0 Å². The number of amides is 1. The van der Waals surface area contributed by atoms with E-state index in [0.29, 0.717) is 11.8 Å². The second-order valence-electron chi connectivity index (χ2n) is 3.54. The molecule has 0 aromatic carbocycles. The Balaban J connectivity index is 2.49. The van der Waals surface area contributed by atoms with E-state index in [9.17, 15) is 4.79 Å². The quantitative estimate of drug-likeness (QED) is 0.658. The molecular formula is C9H18N2OS. The SMILES string of the molecule is CCC1CN(C(=O)CS)CCN1C. The monoisotopic (exact) mass is 202 g/mol. The molecule has 1 unspecified atom stereocenters. The number of hydrogen-bond acceptors (Lipinski definition) is 3. The van der Waals surface area contributed by atoms with Crippen molar-refractivity contribution in [3.8, 4) is 0 Å². The molecule has 4 heteroatoms. The van der Waals surface area contributed by atoms with Crippen LogP contribution in [0, 0.1) is 0 Å². The molecule has 0 aromatic rings. The third-order valence-electron chi connectivity index (χ3n) is 2.74. The van der Waals surface area contributed by atoms with Crippen LogP contribution in [0.2, 0.25) is 0 Å². The van der Waals surface area contributed by atoms with Crippen LogP contribution in [0.1, 0.15) is 13.3 Å². The average Bonchev–Trinajstić information content (AvgIpc) is 2.17. The highest BCUT2D eigenvalue weighted by molar-refractivity contribution is 7.81. The molecule has 1 heterocycles. The van der Waals surface area contributed by atoms with Gasteiger partial charge in [0.15, 0.2) is 0 Å². The van der Waals surface area contributed by atoms with Crippen LogP contribution in [-0.2, 0) is 4.79 Å². The van der Waals surface area contributed by atoms with Crippen LogP contribution >= 0.6 is 12.6 Å². The fraction of sp³-hybridized carbons (Fsp3) is 0.889. The second kappa shape index (κ2) is 4.86. The van der Waals surface area contributed by atoms with Gasteiger partial charge in [0.25, 0.3) is 0 Å². The summed E-state index contributed by atoms with van der Waals surface area (Å²) in [5, 5.41) is 0. The molecule has 0 aromatic heterocycles. The molecule has 1 rings (SSSR count). The van der Waals surface area contributed by atoms with Crippen LogP contribution in [-0.4, -0.2) is 54.2 Å². The number of hydrogen-bond donors (Lipinski definition) is 1. The highest BCUT2D eigenvalue weighted by atomic mass is 32.1. The van der Waals surface area contributed by atoms with Gasteiger partial charge in [-0.15, -0.1) is 0 Å². The summed E-state index contributed by atoms with van der Waals surface area (Å²) < 4.78 is 0. The first-order valence-corrected chi connectivity index (χ1v) is 5.41. The Hall–Kier alpha value is -0.220. The van der Waals surface area contributed by atoms with Crippen LogP contribution in [0.15, 0.2) is 0 Å². The molecular weight excluding hydrogens is 184 g/mol. The van der Waals surface area contributed by atoms with E-state index in [1.54, 1.807) is 0 Å². The molecule has 0 saturated carbocycles. The highest BCUT2D eigenvalue weighted by Gasteiger charge is 2.24. The minimum atomic E-state index is 0.162. The summed E-state index contributed by atoms with van der Waals surface area (Å²) in [6.45, 7) is 4.87. The molecule has 0 radical (unpaired) electrons. The Bertz CT molecular complexity index is 186. The van der Waals surface area contributed by atoms with Crippen molar-refractivity contribution in [2.45, 2.75) is 19.4 Å². The third-order valence-corrected chi connectivity index (χ3v) is 3.01. The molecule has 0 spiro atoms. The van der Waals surface area contributed by atoms with Crippen molar-refractivity contribution in [2.75, 3.05) is 32.4 Å². The first-order valence-electron chi connectivity index (χ1n) is 4.78. The lowest BCUT2D eigenvalue weighted by atomic mass is 10.1. The Morgan fingerprint density at radius 1 is 1.54 bits per heavy atom. The molecule has 1 amide bonds. The van der Waals surface area contributed by atoms with Crippen LogP contribution in [0.4, 0.5) is 0 Å². The fourth-order valence-corrected chi connectivity index (χ4v) is 1.91. The predicted molar refractivity (Wildman–Crippen MR) is 57.1 cm³/mol. The summed E-state index contributed by atoms with van der Waals surface area (Å²) in [5.41, 5.74) is 0. The van der Waals surface area contributed by atoms with Gasteiger partial charge < -0.3 is 4.90 Å². The maximum Gasteiger partial charge on any atom is 0.232 e. The van der Waals surface area contributed by atoms with E-state index in [0.717, 1.165) is 26.1 Å². The van der Waals surface area contributed by atoms with Gasteiger partial charge in [-0.2, -0.15) is 12.6 Å². The number of piperazine rings is 1. The fourth-order valence-electron chi connectivity index (χ4n) is 1.71. The minimum Gasteiger partial charge on any atom is -0.339 e. The van der Waals surface area contributed by atoms with E-state index in [2.05, 4.69) is 31.5 Å². The Kier molecular flexibility index (Phi) is 4.06. The summed E-state index contributed by atoms with van der Waals surface area (Å²) in [4.78, 5) is 15.6. The minimum absolute atomic E-state index is 0.162. The number of carbonyl (C=O) groups excluding carboxylic acids is 1. The average molecular weight is 202 g/mol. The van der Waals surface area contributed by atoms with Crippen molar-refractivity contribution in [1.29, 1.82) is 0 Å². The number of thiol groups is 1. The number of nitrogens with zero attached hydrogens (tertiary/aromatic N) is 2. The van der Waals surface area contributed by atoms with Crippen molar-refractivity contribution in [3.05, 3.63) is 0 Å². The maximum absolute atomic E-state index is 11.4. The summed E-state index contributed by atoms with van der Waals surface area (Å²) in [5.74, 6) is 0.495. The molecule has 0 N–H and O–H groups in total. The van der Waals surface area contributed by atoms with Gasteiger partial charge >= 0.3 is 0 Å². The molecule has 1 aliphatic rings. The number of rotatable bonds is 2. The van der Waals surface area contributed by atoms with Crippen LogP contribution in [0.5, 0.6) is 0 Å². The zero-order valence-corrected chi connectivity index (χ0v) is 9.26. The Morgan fingerprint density at radius 2 is 2.23 bits per heavy atom. The lowest BCUT2D eigenvalue weighted by Gasteiger charge is -2.38. The van der Waals surface area contributed by atoms with E-state index < -0.39 is 0 Å². The lowest BCUT2D eigenvalue weighted by Crippen LogP contribution is -2.53. The van der Waals surface area contributed by atoms with Gasteiger partial charge in [0.1, 0.15) is 0 Å². The van der Waals surface area contributed by atoms with Crippen LogP contribution in [0.3, 0.4) is 0 Å². The van der Waals surface area contributed by atoms with E-state index in [1.807, 2.05) is 4.90 Å². The van der Waals surface area contributed by atoms with Gasteiger partial charge in [-0.3, -0.25) is 9.69 Å². The molecule has 1 aliphatic heterocycles. The molecule has 1 atom stereocenters. The van der Waals surface area contributed by atoms with Gasteiger partial charge in [0, 0.05) is 25.7 Å². The first-order chi connectivity index (χ1) is 6.19. The van der Waals surface area contributed by atoms with E-state index in [1.165, 1.54) is 0 Å². The van der Waals surface area contributed by atoms with Gasteiger partial charge in [0.2, 0.25) is 5.91 Å². The number of likely N-dealkylation sites (N-methyl/N-ethyl adjacent to an activating group) is 1. The van der Waals surface area contributed by atoms with E-state index in [-0.39, 0.29) is 5.91 Å². The topological polar surface area (TPSA) is 23.6 Å². The maximum atomic E-state index is 11.4. The predicted octanol–water partition coefficient (Wildman–Crippen LogP) is 0.469. The molecule has 76 valence electrons. The Labute approximate surface area is 85.5 Å². The highest BCUT2D eigenvalue weighted by Crippen LogP contribution is 2.10. The number of carbonyl (C=O) groups is 1. The first kappa shape index (κ1) is 10.9. The normalized spacial score (nSPS) is 24.8. The summed E-state index contributed by atoms with van der Waals surface area (Å²) >= 11 is 4.00. The molecule has 3 nitrogen and oxygen atoms in total. The molecule has 0 aliphatic carbocycles. The van der Waals surface area contributed by atoms with E-state index >= 15 is 0 Å². The molecule has 13 heavy (non-hydrogen) atoms. The standard InChI is InChI=1S/C9H18N2OS/c1-3-8-6-11(9(12)7-13)5-4-10(8)2/h8,13H,3-7H2,1-2H3. The van der Waals surface area contributed by atoms with Gasteiger partial charge in [-0.1, -0.05) is 6.92 Å². The van der Waals surface area contributed by atoms with E-state index in [4.69, 9.17) is 0 Å². The summed E-state index contributed by atoms with van der Waals surface area (Å²) in [6, 6.07) is 0.526. The second-order valence-corrected chi connectivity index (χ2v) is 3.86. The third kappa shape index (κ3) is 2.61. The zero-order chi connectivity index (χ0) is 9.84. The van der Waals surface area contributed by atoms with Crippen molar-refractivity contribution < 1.29 is 4.79 Å². The van der Waals surface area contributed by atoms with Crippen molar-refractivity contribution >= 4 is 18.5 Å². The van der Waals surface area contributed by atoms with Gasteiger partial charge in [-0.25, -0.2) is 0 Å². The molecule has 1 saturated heterocycles. The van der Waals surface area contributed by atoms with Gasteiger partial charge in [0.05, 0.1) is 5.75 Å².